The number of benzene rings is 1. The van der Waals surface area contributed by atoms with E-state index in [4.69, 9.17) is 0 Å². The highest BCUT2D eigenvalue weighted by molar-refractivity contribution is 5.81. The Morgan fingerprint density at radius 3 is 2.92 bits per heavy atom. The summed E-state index contributed by atoms with van der Waals surface area (Å²) in [6.45, 7) is 1.95. The van der Waals surface area contributed by atoms with E-state index in [1.807, 2.05) is 18.3 Å². The minimum atomic E-state index is -0.177. The lowest BCUT2D eigenvalue weighted by Gasteiger charge is -2.35. The van der Waals surface area contributed by atoms with Crippen LogP contribution in [0.3, 0.4) is 0 Å². The number of nitrogens with zero attached hydrogens (tertiary/aromatic N) is 3. The highest BCUT2D eigenvalue weighted by Gasteiger charge is 2.25. The van der Waals surface area contributed by atoms with Crippen molar-refractivity contribution in [3.8, 4) is 0 Å². The Hall–Kier alpha value is -2.20. The van der Waals surface area contributed by atoms with E-state index in [2.05, 4.69) is 39.7 Å². The van der Waals surface area contributed by atoms with Gasteiger partial charge in [-0.2, -0.15) is 0 Å². The molecule has 0 spiro atoms. The van der Waals surface area contributed by atoms with E-state index in [1.165, 1.54) is 24.6 Å². The zero-order valence-corrected chi connectivity index (χ0v) is 14.0. The molecule has 124 valence electrons. The van der Waals surface area contributed by atoms with Crippen molar-refractivity contribution in [2.24, 2.45) is 7.05 Å². The third-order valence-electron chi connectivity index (χ3n) is 5.11. The molecule has 2 aromatic heterocycles. The molecule has 1 aliphatic rings. The fraction of sp³-hybridized carbons (Fsp3) is 0.350. The highest BCUT2D eigenvalue weighted by Crippen LogP contribution is 2.32. The van der Waals surface area contributed by atoms with Gasteiger partial charge in [0.15, 0.2) is 0 Å². The molecule has 1 saturated heterocycles. The molecular weight excluding hydrogens is 301 g/mol. The van der Waals surface area contributed by atoms with Crippen molar-refractivity contribution in [2.45, 2.75) is 31.8 Å². The molecule has 24 heavy (non-hydrogen) atoms. The molecule has 3 nitrogen and oxygen atoms in total. The molecule has 1 atom stereocenters. The average molecular weight is 323 g/mol. The van der Waals surface area contributed by atoms with Gasteiger partial charge < -0.3 is 4.57 Å². The predicted molar refractivity (Wildman–Crippen MR) is 94.1 cm³/mol. The minimum absolute atomic E-state index is 0.177. The molecule has 0 saturated carbocycles. The Labute approximate surface area is 141 Å². The predicted octanol–water partition coefficient (Wildman–Crippen LogP) is 4.44. The Bertz CT molecular complexity index is 841. The van der Waals surface area contributed by atoms with Crippen LogP contribution in [0.25, 0.3) is 10.9 Å². The summed E-state index contributed by atoms with van der Waals surface area (Å²) in [4.78, 5) is 7.08. The SMILES string of the molecule is Cn1c(CN2CCCC[C@H]2c2ccccn2)cc2cc(F)ccc21. The zero-order chi connectivity index (χ0) is 16.5. The van der Waals surface area contributed by atoms with Gasteiger partial charge in [-0.25, -0.2) is 4.39 Å². The van der Waals surface area contributed by atoms with E-state index >= 15 is 0 Å². The van der Waals surface area contributed by atoms with Crippen LogP contribution >= 0.6 is 0 Å². The van der Waals surface area contributed by atoms with Crippen molar-refractivity contribution in [1.82, 2.24) is 14.5 Å². The first-order chi connectivity index (χ1) is 11.7. The molecule has 0 bridgehead atoms. The summed E-state index contributed by atoms with van der Waals surface area (Å²) in [6, 6.07) is 13.6. The summed E-state index contributed by atoms with van der Waals surface area (Å²) in [5.41, 5.74) is 3.46. The molecule has 0 aliphatic carbocycles. The summed E-state index contributed by atoms with van der Waals surface area (Å²) < 4.78 is 15.7. The van der Waals surface area contributed by atoms with Crippen molar-refractivity contribution in [3.05, 3.63) is 65.9 Å². The van der Waals surface area contributed by atoms with Crippen LogP contribution in [0.5, 0.6) is 0 Å². The lowest BCUT2D eigenvalue weighted by molar-refractivity contribution is 0.134. The molecule has 0 N–H and O–H groups in total. The number of halogens is 1. The second-order valence-electron chi connectivity index (χ2n) is 6.63. The van der Waals surface area contributed by atoms with Crippen LogP contribution in [-0.2, 0) is 13.6 Å². The van der Waals surface area contributed by atoms with Crippen molar-refractivity contribution in [2.75, 3.05) is 6.54 Å². The number of aryl methyl sites for hydroxylation is 1. The smallest absolute Gasteiger partial charge is 0.123 e. The van der Waals surface area contributed by atoms with Crippen LogP contribution < -0.4 is 0 Å². The molecule has 1 fully saturated rings. The van der Waals surface area contributed by atoms with Gasteiger partial charge in [-0.1, -0.05) is 12.5 Å². The number of rotatable bonds is 3. The van der Waals surface area contributed by atoms with Gasteiger partial charge in [-0.15, -0.1) is 0 Å². The largest absolute Gasteiger partial charge is 0.346 e. The number of hydrogen-bond donors (Lipinski definition) is 0. The quantitative estimate of drug-likeness (QED) is 0.710. The maximum Gasteiger partial charge on any atom is 0.123 e. The number of piperidine rings is 1. The van der Waals surface area contributed by atoms with Crippen LogP contribution in [0.15, 0.2) is 48.7 Å². The Kier molecular flexibility index (Phi) is 4.07. The summed E-state index contributed by atoms with van der Waals surface area (Å²) >= 11 is 0. The molecule has 4 heteroatoms. The number of likely N-dealkylation sites (tertiary alicyclic amines) is 1. The zero-order valence-electron chi connectivity index (χ0n) is 14.0. The first-order valence-corrected chi connectivity index (χ1v) is 8.61. The van der Waals surface area contributed by atoms with Crippen molar-refractivity contribution in [3.63, 3.8) is 0 Å². The molecule has 1 aliphatic heterocycles. The summed E-state index contributed by atoms with van der Waals surface area (Å²) in [7, 11) is 2.06. The van der Waals surface area contributed by atoms with Gasteiger partial charge in [0.25, 0.3) is 0 Å². The molecule has 3 heterocycles. The lowest BCUT2D eigenvalue weighted by Crippen LogP contribution is -2.33. The second kappa shape index (κ2) is 6.36. The van der Waals surface area contributed by atoms with Crippen molar-refractivity contribution >= 4 is 10.9 Å². The van der Waals surface area contributed by atoms with Crippen LogP contribution in [0, 0.1) is 5.82 Å². The normalized spacial score (nSPS) is 19.0. The summed E-state index contributed by atoms with van der Waals surface area (Å²) in [5.74, 6) is -0.177. The Morgan fingerprint density at radius 2 is 2.08 bits per heavy atom. The van der Waals surface area contributed by atoms with Gasteiger partial charge in [0.1, 0.15) is 5.82 Å². The highest BCUT2D eigenvalue weighted by atomic mass is 19.1. The van der Waals surface area contributed by atoms with Crippen LogP contribution in [0.1, 0.15) is 36.7 Å². The lowest BCUT2D eigenvalue weighted by atomic mass is 9.98. The van der Waals surface area contributed by atoms with E-state index < -0.39 is 0 Å². The Morgan fingerprint density at radius 1 is 1.17 bits per heavy atom. The van der Waals surface area contributed by atoms with Gasteiger partial charge in [-0.05, 0) is 55.8 Å². The fourth-order valence-corrected chi connectivity index (χ4v) is 3.83. The van der Waals surface area contributed by atoms with E-state index in [-0.39, 0.29) is 5.82 Å². The van der Waals surface area contributed by atoms with Crippen LogP contribution in [0.2, 0.25) is 0 Å². The van der Waals surface area contributed by atoms with Gasteiger partial charge in [0.05, 0.1) is 11.7 Å². The topological polar surface area (TPSA) is 21.1 Å². The molecule has 0 radical (unpaired) electrons. The van der Waals surface area contributed by atoms with E-state index in [0.717, 1.165) is 36.1 Å². The van der Waals surface area contributed by atoms with E-state index in [9.17, 15) is 4.39 Å². The molecule has 1 aromatic carbocycles. The van der Waals surface area contributed by atoms with Crippen molar-refractivity contribution in [1.29, 1.82) is 0 Å². The van der Waals surface area contributed by atoms with Crippen LogP contribution in [0.4, 0.5) is 4.39 Å². The van der Waals surface area contributed by atoms with Crippen molar-refractivity contribution < 1.29 is 4.39 Å². The second-order valence-corrected chi connectivity index (χ2v) is 6.63. The molecule has 0 unspecified atom stereocenters. The number of aromatic nitrogens is 2. The van der Waals surface area contributed by atoms with E-state index in [1.54, 1.807) is 6.07 Å². The molecular formula is C20H22FN3. The standard InChI is InChI=1S/C20H22FN3/c1-23-17(13-15-12-16(21)8-9-19(15)23)14-24-11-5-3-7-20(24)18-6-2-4-10-22-18/h2,4,6,8-10,12-13,20H,3,5,7,11,14H2,1H3/t20-/m0/s1. The third-order valence-corrected chi connectivity index (χ3v) is 5.11. The minimum Gasteiger partial charge on any atom is -0.346 e. The molecule has 4 rings (SSSR count). The van der Waals surface area contributed by atoms with E-state index in [0.29, 0.717) is 6.04 Å². The summed E-state index contributed by atoms with van der Waals surface area (Å²) in [5, 5.41) is 0.971. The maximum atomic E-state index is 13.5. The fourth-order valence-electron chi connectivity index (χ4n) is 3.83. The molecule has 0 amide bonds. The number of pyridine rings is 1. The van der Waals surface area contributed by atoms with Gasteiger partial charge in [0.2, 0.25) is 0 Å². The average Bonchev–Trinajstić information content (AvgIpc) is 2.91. The maximum absolute atomic E-state index is 13.5. The van der Waals surface area contributed by atoms with Gasteiger partial charge >= 0.3 is 0 Å². The first-order valence-electron chi connectivity index (χ1n) is 8.61. The van der Waals surface area contributed by atoms with Crippen LogP contribution in [-0.4, -0.2) is 21.0 Å². The first kappa shape index (κ1) is 15.3. The number of hydrogen-bond acceptors (Lipinski definition) is 2. The monoisotopic (exact) mass is 323 g/mol. The van der Waals surface area contributed by atoms with Gasteiger partial charge in [-0.3, -0.25) is 9.88 Å². The number of fused-ring (bicyclic) bond motifs is 1. The van der Waals surface area contributed by atoms with Gasteiger partial charge in [0, 0.05) is 36.4 Å². The third kappa shape index (κ3) is 2.82. The summed E-state index contributed by atoms with van der Waals surface area (Å²) in [6.07, 6.45) is 5.50. The Balaban J connectivity index is 1.64. The molecule has 3 aromatic rings.